The van der Waals surface area contributed by atoms with Crippen molar-refractivity contribution in [2.24, 2.45) is 22.7 Å². The summed E-state index contributed by atoms with van der Waals surface area (Å²) in [5.41, 5.74) is 3.10. The van der Waals surface area contributed by atoms with Gasteiger partial charge < -0.3 is 19.3 Å². The topological polar surface area (TPSA) is 59.1 Å². The molecule has 0 unspecified atom stereocenters. The summed E-state index contributed by atoms with van der Waals surface area (Å²) in [5.74, 6) is 1.49. The monoisotopic (exact) mass is 883 g/mol. The molecule has 0 N–H and O–H groups in total. The summed E-state index contributed by atoms with van der Waals surface area (Å²) in [6.45, 7) is 20.0. The van der Waals surface area contributed by atoms with Crippen LogP contribution < -0.4 is 0 Å². The molecule has 2 aliphatic heterocycles. The Kier molecular flexibility index (Phi) is 30.0. The molecule has 2 saturated heterocycles. The van der Waals surface area contributed by atoms with Crippen molar-refractivity contribution in [2.75, 3.05) is 45.9 Å². The van der Waals surface area contributed by atoms with Crippen LogP contribution in [0, 0.1) is 22.7 Å². The van der Waals surface area contributed by atoms with E-state index in [9.17, 15) is 9.59 Å². The SMILES string of the molecule is CCCCCCCC(CCCCCCC)CCCC(=O)OCC12CN(C(CCCN(CC)CC)=C3CC3)CC(COC(=O)CCCC(CCCCCCC)CCCCCCC)(C1)C2. The van der Waals surface area contributed by atoms with Crippen molar-refractivity contribution in [3.63, 3.8) is 0 Å². The molecule has 0 aromatic rings. The van der Waals surface area contributed by atoms with Gasteiger partial charge in [-0.3, -0.25) is 9.59 Å². The normalized spacial score (nSPS) is 19.3. The molecule has 2 bridgehead atoms. The lowest BCUT2D eigenvalue weighted by atomic mass is 9.50. The van der Waals surface area contributed by atoms with E-state index in [1.54, 1.807) is 11.3 Å². The minimum atomic E-state index is -0.0408. The Morgan fingerprint density at radius 1 is 0.492 bits per heavy atom. The Bertz CT molecular complexity index is 1100. The quantitative estimate of drug-likeness (QED) is 0.0449. The molecule has 6 nitrogen and oxygen atoms in total. The van der Waals surface area contributed by atoms with E-state index in [0.29, 0.717) is 26.1 Å². The fourth-order valence-corrected chi connectivity index (χ4v) is 11.7. The molecule has 4 aliphatic rings. The van der Waals surface area contributed by atoms with E-state index in [-0.39, 0.29) is 22.8 Å². The van der Waals surface area contributed by atoms with Crippen LogP contribution in [-0.4, -0.2) is 67.7 Å². The Hall–Kier alpha value is -1.56. The lowest BCUT2D eigenvalue weighted by molar-refractivity contribution is -0.192. The number of fused-ring (bicyclic) bond motifs is 2. The first kappa shape index (κ1) is 55.8. The molecule has 0 atom stereocenters. The van der Waals surface area contributed by atoms with Gasteiger partial charge in [-0.1, -0.05) is 201 Å². The zero-order chi connectivity index (χ0) is 45.4. The number of hydrogen-bond donors (Lipinski definition) is 0. The average molecular weight is 883 g/mol. The number of rotatable bonds is 43. The maximum atomic E-state index is 13.4. The molecule has 6 heteroatoms. The summed E-state index contributed by atoms with van der Waals surface area (Å²) in [6.07, 6.45) is 44.2. The summed E-state index contributed by atoms with van der Waals surface area (Å²) in [7, 11) is 0. The van der Waals surface area contributed by atoms with Crippen molar-refractivity contribution < 1.29 is 19.1 Å². The van der Waals surface area contributed by atoms with Gasteiger partial charge in [0, 0.05) is 42.5 Å². The van der Waals surface area contributed by atoms with Gasteiger partial charge in [0.25, 0.3) is 0 Å². The number of esters is 2. The Balaban J connectivity index is 1.56. The molecule has 0 aromatic heterocycles. The molecule has 368 valence electrons. The van der Waals surface area contributed by atoms with E-state index in [0.717, 1.165) is 89.5 Å². The maximum absolute atomic E-state index is 13.4. The molecule has 0 spiro atoms. The van der Waals surface area contributed by atoms with Gasteiger partial charge in [-0.05, 0) is 95.7 Å². The van der Waals surface area contributed by atoms with Crippen molar-refractivity contribution in [3.05, 3.63) is 11.3 Å². The van der Waals surface area contributed by atoms with E-state index < -0.39 is 0 Å². The van der Waals surface area contributed by atoms with E-state index in [1.807, 2.05) is 0 Å². The minimum Gasteiger partial charge on any atom is -0.465 e. The van der Waals surface area contributed by atoms with Crippen LogP contribution in [0.4, 0.5) is 0 Å². The molecule has 4 fully saturated rings. The fraction of sp³-hybridized carbons (Fsp3) is 0.930. The predicted molar refractivity (Wildman–Crippen MR) is 269 cm³/mol. The number of unbranched alkanes of at least 4 members (excludes halogenated alkanes) is 16. The van der Waals surface area contributed by atoms with Gasteiger partial charge >= 0.3 is 11.9 Å². The molecule has 0 amide bonds. The maximum Gasteiger partial charge on any atom is 0.305 e. The third-order valence-electron chi connectivity index (χ3n) is 15.6. The highest BCUT2D eigenvalue weighted by molar-refractivity contribution is 5.69. The largest absolute Gasteiger partial charge is 0.465 e. The standard InChI is InChI=1S/C57H106N2O4/c1-7-13-17-21-25-32-50(33-26-22-18-14-8-2)36-29-39-54(60)62-48-56-44-57(45-56,47-59(46-56)53(52-41-42-52)38-31-43-58(11-5)12-6)49-63-55(61)40-30-37-51(34-27-23-19-15-9-3)35-28-24-20-16-10-4/h50-51H,7-49H2,1-6H3. The van der Waals surface area contributed by atoms with Crippen LogP contribution in [0.15, 0.2) is 11.3 Å². The zero-order valence-electron chi connectivity index (χ0n) is 43.1. The molecule has 2 saturated carbocycles. The van der Waals surface area contributed by atoms with Crippen LogP contribution in [0.5, 0.6) is 0 Å². The summed E-state index contributed by atoms with van der Waals surface area (Å²) >= 11 is 0. The van der Waals surface area contributed by atoms with Crippen LogP contribution in [0.25, 0.3) is 0 Å². The highest BCUT2D eigenvalue weighted by atomic mass is 16.5. The van der Waals surface area contributed by atoms with Gasteiger partial charge in [-0.15, -0.1) is 0 Å². The van der Waals surface area contributed by atoms with Crippen LogP contribution in [0.2, 0.25) is 0 Å². The Labute approximate surface area is 392 Å². The average Bonchev–Trinajstić information content (AvgIpc) is 4.12. The first-order valence-electron chi connectivity index (χ1n) is 28.2. The van der Waals surface area contributed by atoms with Crippen LogP contribution in [0.1, 0.15) is 273 Å². The summed E-state index contributed by atoms with van der Waals surface area (Å²) < 4.78 is 12.5. The van der Waals surface area contributed by atoms with Gasteiger partial charge in [0.05, 0.1) is 13.2 Å². The highest BCUT2D eigenvalue weighted by Crippen LogP contribution is 2.60. The number of piperidine rings is 2. The highest BCUT2D eigenvalue weighted by Gasteiger charge is 2.61. The van der Waals surface area contributed by atoms with Crippen LogP contribution in [-0.2, 0) is 19.1 Å². The minimum absolute atomic E-state index is 0.00437. The third-order valence-corrected chi connectivity index (χ3v) is 15.6. The zero-order valence-corrected chi connectivity index (χ0v) is 43.1. The second-order valence-electron chi connectivity index (χ2n) is 21.5. The number of nitrogens with zero attached hydrogens (tertiary/aromatic N) is 2. The van der Waals surface area contributed by atoms with Crippen molar-refractivity contribution in [3.8, 4) is 0 Å². The molecular weight excluding hydrogens is 777 g/mol. The van der Waals surface area contributed by atoms with Crippen molar-refractivity contribution in [1.29, 1.82) is 0 Å². The first-order chi connectivity index (χ1) is 30.7. The summed E-state index contributed by atoms with van der Waals surface area (Å²) in [6, 6.07) is 0. The van der Waals surface area contributed by atoms with E-state index in [4.69, 9.17) is 9.47 Å². The van der Waals surface area contributed by atoms with E-state index >= 15 is 0 Å². The number of allylic oxidation sites excluding steroid dienone is 2. The van der Waals surface area contributed by atoms with Gasteiger partial charge in [-0.2, -0.15) is 0 Å². The van der Waals surface area contributed by atoms with Crippen LogP contribution in [0.3, 0.4) is 0 Å². The van der Waals surface area contributed by atoms with Gasteiger partial charge in [0.15, 0.2) is 0 Å². The number of carbonyl (C=O) groups excluding carboxylic acids is 2. The molecule has 63 heavy (non-hydrogen) atoms. The second kappa shape index (κ2) is 33.8. The second-order valence-corrected chi connectivity index (χ2v) is 21.5. The number of hydrogen-bond acceptors (Lipinski definition) is 6. The molecule has 4 rings (SSSR count). The molecule has 2 aliphatic carbocycles. The Morgan fingerprint density at radius 3 is 1.21 bits per heavy atom. The van der Waals surface area contributed by atoms with Crippen molar-refractivity contribution in [1.82, 2.24) is 9.80 Å². The molecular formula is C57H106N2O4. The number of ether oxygens (including phenoxy) is 2. The van der Waals surface area contributed by atoms with E-state index in [2.05, 4.69) is 51.3 Å². The fourth-order valence-electron chi connectivity index (χ4n) is 11.7. The van der Waals surface area contributed by atoms with Gasteiger partial charge in [0.2, 0.25) is 0 Å². The lowest BCUT2D eigenvalue weighted by Crippen LogP contribution is -2.66. The lowest BCUT2D eigenvalue weighted by Gasteiger charge is -2.63. The predicted octanol–water partition coefficient (Wildman–Crippen LogP) is 16.3. The van der Waals surface area contributed by atoms with Crippen molar-refractivity contribution >= 4 is 11.9 Å². The summed E-state index contributed by atoms with van der Waals surface area (Å²) in [5, 5.41) is 0. The number of carbonyl (C=O) groups is 2. The van der Waals surface area contributed by atoms with Gasteiger partial charge in [-0.25, -0.2) is 0 Å². The first-order valence-corrected chi connectivity index (χ1v) is 28.2. The van der Waals surface area contributed by atoms with E-state index in [1.165, 1.54) is 173 Å². The van der Waals surface area contributed by atoms with Gasteiger partial charge in [0.1, 0.15) is 0 Å². The molecule has 0 aromatic carbocycles. The van der Waals surface area contributed by atoms with Crippen LogP contribution >= 0.6 is 0 Å². The smallest absolute Gasteiger partial charge is 0.305 e. The van der Waals surface area contributed by atoms with Crippen molar-refractivity contribution in [2.45, 2.75) is 273 Å². The Morgan fingerprint density at radius 2 is 0.857 bits per heavy atom. The summed E-state index contributed by atoms with van der Waals surface area (Å²) in [4.78, 5) is 32.0. The molecule has 0 radical (unpaired) electrons. The molecule has 2 heterocycles. The third kappa shape index (κ3) is 23.6.